The Morgan fingerprint density at radius 2 is 1.75 bits per heavy atom. The number of hydrogen-bond donors (Lipinski definition) is 5. The van der Waals surface area contributed by atoms with Gasteiger partial charge in [-0.1, -0.05) is 59.6 Å². The Balaban J connectivity index is 1.91. The lowest BCUT2D eigenvalue weighted by molar-refractivity contribution is -0.153. The van der Waals surface area contributed by atoms with Crippen LogP contribution in [0, 0.1) is 17.8 Å². The van der Waals surface area contributed by atoms with Crippen LogP contribution in [0.25, 0.3) is 0 Å². The van der Waals surface area contributed by atoms with E-state index < -0.39 is 48.0 Å². The number of carbonyl (C=O) groups excluding carboxylic acids is 4. The maximum absolute atomic E-state index is 14.6. The summed E-state index contributed by atoms with van der Waals surface area (Å²) in [5.41, 5.74) is 0.839. The number of benzene rings is 1. The highest BCUT2D eigenvalue weighted by molar-refractivity contribution is 7.09. The van der Waals surface area contributed by atoms with Crippen LogP contribution in [0.3, 0.4) is 0 Å². The number of carboxylic acid groups (broad SMARTS) is 1. The van der Waals surface area contributed by atoms with E-state index >= 15 is 0 Å². The van der Waals surface area contributed by atoms with Crippen LogP contribution in [-0.2, 0) is 35.1 Å². The van der Waals surface area contributed by atoms with Crippen molar-refractivity contribution >= 4 is 41.0 Å². The molecule has 0 spiro atoms. The number of likely N-dealkylation sites (N-methyl/N-ethyl adjacent to an activating group) is 1. The van der Waals surface area contributed by atoms with E-state index in [1.807, 2.05) is 39.6 Å². The number of phenols is 1. The van der Waals surface area contributed by atoms with Gasteiger partial charge < -0.3 is 40.3 Å². The fourth-order valence-corrected chi connectivity index (χ4v) is 7.72. The van der Waals surface area contributed by atoms with Crippen LogP contribution in [0.4, 0.5) is 0 Å². The average molecular weight is 804 g/mol. The van der Waals surface area contributed by atoms with Crippen LogP contribution in [0.5, 0.6) is 5.75 Å². The predicted molar refractivity (Wildman–Crippen MR) is 211 cm³/mol. The minimum Gasteiger partial charge on any atom is -0.508 e. The number of piperidine rings is 1. The van der Waals surface area contributed by atoms with Gasteiger partial charge in [-0.15, -0.1) is 11.3 Å². The van der Waals surface area contributed by atoms with E-state index in [-0.39, 0.29) is 73.9 Å². The van der Waals surface area contributed by atoms with E-state index in [4.69, 9.17) is 9.47 Å². The summed E-state index contributed by atoms with van der Waals surface area (Å²) in [4.78, 5) is 74.1. The summed E-state index contributed by atoms with van der Waals surface area (Å²) in [6.45, 7) is 10.8. The molecule has 1 aromatic carbocycles. The van der Waals surface area contributed by atoms with Crippen LogP contribution in [-0.4, -0.2) is 117 Å². The minimum atomic E-state index is -1.00. The largest absolute Gasteiger partial charge is 0.508 e. The normalized spacial score (nSPS) is 17.9. The maximum Gasteiger partial charge on any atom is 0.306 e. The van der Waals surface area contributed by atoms with Crippen molar-refractivity contribution in [3.05, 3.63) is 45.9 Å². The second-order valence-corrected chi connectivity index (χ2v) is 16.1. The number of phenolic OH excluding ortho intramolecular Hbond substituents is 1. The summed E-state index contributed by atoms with van der Waals surface area (Å²) in [5, 5.41) is 36.6. The molecular weight excluding hydrogens is 743 g/mol. The fourth-order valence-electron chi connectivity index (χ4n) is 6.88. The van der Waals surface area contributed by atoms with E-state index in [2.05, 4.69) is 15.6 Å². The Labute approximate surface area is 334 Å². The van der Waals surface area contributed by atoms with Crippen molar-refractivity contribution in [2.24, 2.45) is 17.8 Å². The standard InChI is InChI=1S/C40H61N5O10S/c1-8-25(4)35(43-37(50)32-11-9-10-16-44(32)7)39(51)45(23-54-18-17-46)33(24(2)3)21-34(55-27(6)47)38-42-31(22-56-38)36(49)41-29(19-26(5)40(52)53)20-28-12-14-30(48)15-13-28/h12-15,22,24-26,29,32-35,46,48H,8-11,16-21,23H2,1-7H3,(H,41,49)(H,43,50)(H,52,53)/t25?,26-,29+,32+,33+,34+,35-/m0/s1. The molecule has 56 heavy (non-hydrogen) atoms. The van der Waals surface area contributed by atoms with E-state index in [0.717, 1.165) is 36.3 Å². The molecule has 15 nitrogen and oxygen atoms in total. The Morgan fingerprint density at radius 3 is 2.34 bits per heavy atom. The number of aromatic nitrogens is 1. The molecular formula is C40H61N5O10S. The van der Waals surface area contributed by atoms with E-state index in [1.165, 1.54) is 29.3 Å². The molecule has 1 fully saturated rings. The van der Waals surface area contributed by atoms with Crippen molar-refractivity contribution in [2.75, 3.05) is 33.5 Å². The maximum atomic E-state index is 14.6. The lowest BCUT2D eigenvalue weighted by atomic mass is 9.92. The molecule has 1 unspecified atom stereocenters. The zero-order valence-corrected chi connectivity index (χ0v) is 34.5. The summed E-state index contributed by atoms with van der Waals surface area (Å²) in [5.74, 6) is -3.80. The molecule has 2 heterocycles. The number of aliphatic hydroxyl groups excluding tert-OH is 1. The van der Waals surface area contributed by atoms with Gasteiger partial charge in [0.15, 0.2) is 6.10 Å². The average Bonchev–Trinajstić information content (AvgIpc) is 3.65. The molecule has 3 rings (SSSR count). The van der Waals surface area contributed by atoms with Gasteiger partial charge in [0.05, 0.1) is 25.2 Å². The summed E-state index contributed by atoms with van der Waals surface area (Å²) in [7, 11) is 1.91. The van der Waals surface area contributed by atoms with Crippen molar-refractivity contribution in [3.8, 4) is 5.75 Å². The Bertz CT molecular complexity index is 1590. The first-order chi connectivity index (χ1) is 26.6. The second-order valence-electron chi connectivity index (χ2n) is 15.2. The lowest BCUT2D eigenvalue weighted by Gasteiger charge is -2.39. The van der Waals surface area contributed by atoms with Gasteiger partial charge in [0.25, 0.3) is 5.91 Å². The zero-order chi connectivity index (χ0) is 41.5. The number of aliphatic hydroxyl groups is 1. The van der Waals surface area contributed by atoms with Crippen molar-refractivity contribution in [1.29, 1.82) is 0 Å². The number of nitrogens with one attached hydrogen (secondary N) is 2. The van der Waals surface area contributed by atoms with Gasteiger partial charge in [0.1, 0.15) is 29.2 Å². The molecule has 312 valence electrons. The van der Waals surface area contributed by atoms with Crippen molar-refractivity contribution in [1.82, 2.24) is 25.4 Å². The van der Waals surface area contributed by atoms with Crippen molar-refractivity contribution in [2.45, 2.75) is 117 Å². The number of rotatable bonds is 22. The Kier molecular flexibility index (Phi) is 18.7. The second kappa shape index (κ2) is 22.6. The summed E-state index contributed by atoms with van der Waals surface area (Å²) >= 11 is 1.11. The van der Waals surface area contributed by atoms with E-state index in [0.29, 0.717) is 24.3 Å². The molecule has 1 aliphatic rings. The first kappa shape index (κ1) is 46.3. The number of amides is 3. The number of carbonyl (C=O) groups is 5. The number of aromatic hydroxyl groups is 1. The molecule has 1 aliphatic heterocycles. The van der Waals surface area contributed by atoms with Crippen molar-refractivity contribution in [3.63, 3.8) is 0 Å². The SMILES string of the molecule is CCC(C)[C@H](NC(=O)[C@H]1CCCCN1C)C(=O)N(COCCO)[C@H](C[C@@H](OC(C)=O)c1nc(C(=O)N[C@@H](Cc2ccc(O)cc2)C[C@H](C)C(=O)O)cs1)C(C)C. The van der Waals surface area contributed by atoms with Crippen LogP contribution >= 0.6 is 11.3 Å². The number of likely N-dealkylation sites (tertiary alicyclic amines) is 1. The zero-order valence-electron chi connectivity index (χ0n) is 33.7. The number of hydrogen-bond acceptors (Lipinski definition) is 12. The van der Waals surface area contributed by atoms with E-state index in [1.54, 1.807) is 19.1 Å². The van der Waals surface area contributed by atoms with Gasteiger partial charge in [-0.05, 0) is 68.8 Å². The van der Waals surface area contributed by atoms with Gasteiger partial charge in [-0.25, -0.2) is 4.98 Å². The molecule has 1 aromatic heterocycles. The predicted octanol–water partition coefficient (Wildman–Crippen LogP) is 4.13. The first-order valence-corrected chi connectivity index (χ1v) is 20.4. The van der Waals surface area contributed by atoms with Crippen LogP contribution in [0.2, 0.25) is 0 Å². The fraction of sp³-hybridized carbons (Fsp3) is 0.650. The Hall–Kier alpha value is -4.12. The number of esters is 1. The van der Waals surface area contributed by atoms with Gasteiger partial charge in [0, 0.05) is 30.8 Å². The quantitative estimate of drug-likeness (QED) is 0.0647. The lowest BCUT2D eigenvalue weighted by Crippen LogP contribution is -2.59. The monoisotopic (exact) mass is 803 g/mol. The molecule has 0 bridgehead atoms. The molecule has 0 radical (unpaired) electrons. The van der Waals surface area contributed by atoms with Gasteiger partial charge in [-0.3, -0.25) is 28.9 Å². The third kappa shape index (κ3) is 13.8. The number of nitrogens with zero attached hydrogens (tertiary/aromatic N) is 3. The minimum absolute atomic E-state index is 0.0286. The number of ether oxygens (including phenoxy) is 2. The number of thiazole rings is 1. The smallest absolute Gasteiger partial charge is 0.306 e. The van der Waals surface area contributed by atoms with Crippen LogP contribution in [0.15, 0.2) is 29.6 Å². The third-order valence-electron chi connectivity index (χ3n) is 10.4. The number of carboxylic acids is 1. The highest BCUT2D eigenvalue weighted by Crippen LogP contribution is 2.32. The Morgan fingerprint density at radius 1 is 1.05 bits per heavy atom. The van der Waals surface area contributed by atoms with Crippen molar-refractivity contribution < 1.29 is 48.8 Å². The van der Waals surface area contributed by atoms with Gasteiger partial charge in [0.2, 0.25) is 11.8 Å². The van der Waals surface area contributed by atoms with Crippen LogP contribution in [0.1, 0.15) is 107 Å². The summed E-state index contributed by atoms with van der Waals surface area (Å²) in [6, 6.07) is 4.05. The topological polar surface area (TPSA) is 208 Å². The number of aliphatic carboxylic acids is 1. The molecule has 2 aromatic rings. The molecule has 0 saturated carbocycles. The highest BCUT2D eigenvalue weighted by Gasteiger charge is 2.39. The van der Waals surface area contributed by atoms with E-state index in [9.17, 15) is 39.3 Å². The molecule has 16 heteroatoms. The van der Waals surface area contributed by atoms with Gasteiger partial charge in [-0.2, -0.15) is 0 Å². The summed E-state index contributed by atoms with van der Waals surface area (Å²) < 4.78 is 11.5. The highest BCUT2D eigenvalue weighted by atomic mass is 32.1. The molecule has 0 aliphatic carbocycles. The summed E-state index contributed by atoms with van der Waals surface area (Å²) in [6.07, 6.45) is 2.80. The first-order valence-electron chi connectivity index (χ1n) is 19.5. The van der Waals surface area contributed by atoms with Gasteiger partial charge >= 0.3 is 11.9 Å². The molecule has 5 N–H and O–H groups in total. The molecule has 7 atom stereocenters. The molecule has 1 saturated heterocycles. The van der Waals surface area contributed by atoms with Crippen LogP contribution < -0.4 is 10.6 Å². The third-order valence-corrected chi connectivity index (χ3v) is 11.3. The molecule has 3 amide bonds.